The Labute approximate surface area is 126 Å². The first-order valence-corrected chi connectivity index (χ1v) is 6.91. The Morgan fingerprint density at radius 2 is 1.67 bits per heavy atom. The van der Waals surface area contributed by atoms with E-state index >= 15 is 0 Å². The molecule has 0 aliphatic carbocycles. The molecular formula is C18H24O3. The minimum absolute atomic E-state index is 0.247. The number of aliphatic carboxylic acids is 1. The second kappa shape index (κ2) is 5.76. The Hall–Kier alpha value is -2.03. The Kier molecular flexibility index (Phi) is 4.67. The molecule has 0 aromatic heterocycles. The molecule has 0 unspecified atom stereocenters. The summed E-state index contributed by atoms with van der Waals surface area (Å²) in [6.45, 7) is 13.8. The molecule has 0 spiro atoms. The van der Waals surface area contributed by atoms with Crippen LogP contribution in [0.5, 0.6) is 5.75 Å². The lowest BCUT2D eigenvalue weighted by Gasteiger charge is -2.28. The zero-order chi connectivity index (χ0) is 16.4. The van der Waals surface area contributed by atoms with Crippen LogP contribution in [0.15, 0.2) is 30.9 Å². The van der Waals surface area contributed by atoms with E-state index in [4.69, 9.17) is 5.11 Å². The molecule has 0 aliphatic heterocycles. The van der Waals surface area contributed by atoms with E-state index in [0.717, 1.165) is 22.8 Å². The number of benzene rings is 1. The molecule has 0 heterocycles. The van der Waals surface area contributed by atoms with Gasteiger partial charge in [-0.25, -0.2) is 4.79 Å². The van der Waals surface area contributed by atoms with Crippen LogP contribution >= 0.6 is 0 Å². The van der Waals surface area contributed by atoms with Crippen LogP contribution in [0.2, 0.25) is 0 Å². The van der Waals surface area contributed by atoms with Crippen molar-refractivity contribution in [1.82, 2.24) is 0 Å². The van der Waals surface area contributed by atoms with E-state index in [1.807, 2.05) is 46.8 Å². The molecular weight excluding hydrogens is 264 g/mol. The molecule has 114 valence electrons. The Bertz CT molecular complexity index is 587. The highest BCUT2D eigenvalue weighted by Crippen LogP contribution is 2.40. The summed E-state index contributed by atoms with van der Waals surface area (Å²) in [6, 6.07) is 3.64. The maximum atomic E-state index is 10.7. The van der Waals surface area contributed by atoms with Gasteiger partial charge in [0.15, 0.2) is 0 Å². The molecule has 0 saturated carbocycles. The molecule has 0 radical (unpaired) electrons. The molecule has 1 aromatic carbocycles. The van der Waals surface area contributed by atoms with Gasteiger partial charge in [0.25, 0.3) is 0 Å². The van der Waals surface area contributed by atoms with Crippen LogP contribution in [0, 0.1) is 0 Å². The van der Waals surface area contributed by atoms with Crippen molar-refractivity contribution in [2.45, 2.75) is 45.4 Å². The fourth-order valence-electron chi connectivity index (χ4n) is 2.09. The van der Waals surface area contributed by atoms with Gasteiger partial charge in [-0.1, -0.05) is 40.7 Å². The van der Waals surface area contributed by atoms with E-state index in [1.54, 1.807) is 12.2 Å². The van der Waals surface area contributed by atoms with E-state index in [0.29, 0.717) is 0 Å². The van der Waals surface area contributed by atoms with Crippen molar-refractivity contribution in [3.8, 4) is 5.75 Å². The van der Waals surface area contributed by atoms with E-state index in [1.165, 1.54) is 0 Å². The van der Waals surface area contributed by atoms with Crippen LogP contribution in [0.4, 0.5) is 0 Å². The number of phenolic OH excluding ortho intramolecular Hbond substituents is 1. The van der Waals surface area contributed by atoms with Gasteiger partial charge in [-0.05, 0) is 29.2 Å². The Morgan fingerprint density at radius 3 is 2.10 bits per heavy atom. The maximum absolute atomic E-state index is 10.7. The fourth-order valence-corrected chi connectivity index (χ4v) is 2.09. The van der Waals surface area contributed by atoms with Crippen molar-refractivity contribution < 1.29 is 15.0 Å². The molecule has 1 aromatic rings. The second-order valence-corrected chi connectivity index (χ2v) is 6.81. The van der Waals surface area contributed by atoms with E-state index in [9.17, 15) is 9.90 Å². The third-order valence-electron chi connectivity index (χ3n) is 3.56. The highest BCUT2D eigenvalue weighted by Gasteiger charge is 2.27. The quantitative estimate of drug-likeness (QED) is 0.643. The maximum Gasteiger partial charge on any atom is 0.328 e. The first-order valence-electron chi connectivity index (χ1n) is 6.91. The van der Waals surface area contributed by atoms with Gasteiger partial charge in [0.2, 0.25) is 0 Å². The molecule has 0 bridgehead atoms. The summed E-state index contributed by atoms with van der Waals surface area (Å²) in [4.78, 5) is 10.7. The Morgan fingerprint density at radius 1 is 1.14 bits per heavy atom. The number of hydrogen-bond acceptors (Lipinski definition) is 2. The Balaban J connectivity index is 3.61. The van der Waals surface area contributed by atoms with Crippen LogP contribution in [0.25, 0.3) is 6.08 Å². The van der Waals surface area contributed by atoms with Crippen molar-refractivity contribution in [1.29, 1.82) is 0 Å². The van der Waals surface area contributed by atoms with Crippen molar-refractivity contribution in [2.24, 2.45) is 0 Å². The van der Waals surface area contributed by atoms with Crippen LogP contribution in [-0.4, -0.2) is 16.2 Å². The normalized spacial score (nSPS) is 12.6. The molecule has 21 heavy (non-hydrogen) atoms. The van der Waals surface area contributed by atoms with Gasteiger partial charge in [0.05, 0.1) is 0 Å². The lowest BCUT2D eigenvalue weighted by Crippen LogP contribution is -2.18. The number of carbonyl (C=O) groups is 1. The number of rotatable bonds is 4. The highest BCUT2D eigenvalue weighted by molar-refractivity contribution is 5.85. The van der Waals surface area contributed by atoms with Crippen molar-refractivity contribution in [2.75, 3.05) is 0 Å². The van der Waals surface area contributed by atoms with Crippen LogP contribution in [-0.2, 0) is 15.6 Å². The fraction of sp³-hybridized carbons (Fsp3) is 0.389. The summed E-state index contributed by atoms with van der Waals surface area (Å²) in [5, 5.41) is 19.4. The van der Waals surface area contributed by atoms with Gasteiger partial charge in [0.1, 0.15) is 5.75 Å². The van der Waals surface area contributed by atoms with Gasteiger partial charge in [-0.2, -0.15) is 0 Å². The number of hydrogen-bond donors (Lipinski definition) is 2. The lowest BCUT2D eigenvalue weighted by molar-refractivity contribution is -0.131. The largest absolute Gasteiger partial charge is 0.507 e. The lowest BCUT2D eigenvalue weighted by atomic mass is 9.77. The summed E-state index contributed by atoms with van der Waals surface area (Å²) in [5.74, 6) is -0.746. The first-order chi connectivity index (χ1) is 9.49. The highest BCUT2D eigenvalue weighted by atomic mass is 16.4. The number of aromatic hydroxyl groups is 1. The molecule has 2 N–H and O–H groups in total. The minimum Gasteiger partial charge on any atom is -0.507 e. The summed E-state index contributed by atoms with van der Waals surface area (Å²) >= 11 is 0. The van der Waals surface area contributed by atoms with Gasteiger partial charge in [0, 0.05) is 22.6 Å². The first kappa shape index (κ1) is 17.0. The SMILES string of the molecule is C=CC(C)(C)c1cc(C=CC(=O)O)cc(C(C)(C)C)c1O. The van der Waals surface area contributed by atoms with E-state index in [2.05, 4.69) is 6.58 Å². The minimum atomic E-state index is -0.995. The second-order valence-electron chi connectivity index (χ2n) is 6.81. The van der Waals surface area contributed by atoms with Gasteiger partial charge in [-0.3, -0.25) is 0 Å². The van der Waals surface area contributed by atoms with Gasteiger partial charge < -0.3 is 10.2 Å². The monoisotopic (exact) mass is 288 g/mol. The third kappa shape index (κ3) is 3.97. The average molecular weight is 288 g/mol. The number of allylic oxidation sites excluding steroid dienone is 1. The smallest absolute Gasteiger partial charge is 0.328 e. The molecule has 0 amide bonds. The zero-order valence-corrected chi connectivity index (χ0v) is 13.4. The molecule has 0 atom stereocenters. The molecule has 3 nitrogen and oxygen atoms in total. The standard InChI is InChI=1S/C18H24O3/c1-7-18(5,6)14-11-12(8-9-15(19)20)10-13(16(14)21)17(2,3)4/h7-11,21H,1H2,2-6H3,(H,19,20). The average Bonchev–Trinajstić information content (AvgIpc) is 2.35. The molecule has 0 fully saturated rings. The summed E-state index contributed by atoms with van der Waals surface area (Å²) in [7, 11) is 0. The zero-order valence-electron chi connectivity index (χ0n) is 13.4. The number of carboxylic acid groups (broad SMARTS) is 1. The van der Waals surface area contributed by atoms with E-state index in [-0.39, 0.29) is 11.2 Å². The predicted molar refractivity (Wildman–Crippen MR) is 86.7 cm³/mol. The number of carboxylic acids is 1. The molecule has 3 heteroatoms. The van der Waals surface area contributed by atoms with Crippen molar-refractivity contribution in [3.63, 3.8) is 0 Å². The van der Waals surface area contributed by atoms with Crippen LogP contribution in [0.1, 0.15) is 51.3 Å². The molecule has 0 aliphatic rings. The molecule has 1 rings (SSSR count). The summed E-state index contributed by atoms with van der Waals surface area (Å²) in [5.41, 5.74) is 1.64. The van der Waals surface area contributed by atoms with E-state index < -0.39 is 11.4 Å². The van der Waals surface area contributed by atoms with Crippen molar-refractivity contribution >= 4 is 12.0 Å². The van der Waals surface area contributed by atoms with Crippen molar-refractivity contribution in [3.05, 3.63) is 47.6 Å². The van der Waals surface area contributed by atoms with Gasteiger partial charge in [-0.15, -0.1) is 6.58 Å². The third-order valence-corrected chi connectivity index (χ3v) is 3.56. The summed E-state index contributed by atoms with van der Waals surface area (Å²) in [6.07, 6.45) is 4.42. The van der Waals surface area contributed by atoms with Crippen LogP contribution in [0.3, 0.4) is 0 Å². The topological polar surface area (TPSA) is 57.5 Å². The van der Waals surface area contributed by atoms with Gasteiger partial charge >= 0.3 is 5.97 Å². The molecule has 0 saturated heterocycles. The predicted octanol–water partition coefficient (Wildman–Crippen LogP) is 4.25. The number of phenols is 1. The van der Waals surface area contributed by atoms with Crippen LogP contribution < -0.4 is 0 Å². The summed E-state index contributed by atoms with van der Waals surface area (Å²) < 4.78 is 0.